The third kappa shape index (κ3) is 4.49. The molecule has 5 nitrogen and oxygen atoms in total. The quantitative estimate of drug-likeness (QED) is 0.406. The number of carbonyl (C=O) groups is 1. The molecule has 0 bridgehead atoms. The lowest BCUT2D eigenvalue weighted by molar-refractivity contribution is 0.0713. The van der Waals surface area contributed by atoms with Gasteiger partial charge in [-0.25, -0.2) is 0 Å². The lowest BCUT2D eigenvalue weighted by Crippen LogP contribution is -2.38. The fourth-order valence-corrected chi connectivity index (χ4v) is 5.61. The van der Waals surface area contributed by atoms with E-state index in [1.807, 2.05) is 34.5 Å². The molecular weight excluding hydrogens is 430 g/mol. The molecule has 6 heteroatoms. The van der Waals surface area contributed by atoms with Crippen molar-refractivity contribution in [3.63, 3.8) is 0 Å². The van der Waals surface area contributed by atoms with Gasteiger partial charge in [-0.15, -0.1) is 11.3 Å². The van der Waals surface area contributed by atoms with Crippen LogP contribution in [0, 0.1) is 0 Å². The summed E-state index contributed by atoms with van der Waals surface area (Å²) in [7, 11) is 0. The first kappa shape index (κ1) is 21.6. The first-order chi connectivity index (χ1) is 16.2. The molecule has 33 heavy (non-hydrogen) atoms. The van der Waals surface area contributed by atoms with Crippen molar-refractivity contribution in [2.75, 3.05) is 18.4 Å². The molecule has 2 aromatic heterocycles. The van der Waals surface area contributed by atoms with Crippen molar-refractivity contribution >= 4 is 33.1 Å². The number of hydrogen-bond acceptors (Lipinski definition) is 5. The van der Waals surface area contributed by atoms with Crippen molar-refractivity contribution in [2.45, 2.75) is 31.9 Å². The second kappa shape index (κ2) is 9.73. The van der Waals surface area contributed by atoms with Gasteiger partial charge in [0.05, 0.1) is 28.1 Å². The number of aliphatic hydroxyl groups is 1. The minimum absolute atomic E-state index is 0.0189. The number of hydrogen-bond donors (Lipinski definition) is 2. The summed E-state index contributed by atoms with van der Waals surface area (Å²) in [6, 6.07) is 20.7. The van der Waals surface area contributed by atoms with Crippen LogP contribution in [0.1, 0.15) is 45.8 Å². The molecule has 0 aliphatic carbocycles. The zero-order chi connectivity index (χ0) is 22.6. The smallest absolute Gasteiger partial charge is 0.257 e. The van der Waals surface area contributed by atoms with Gasteiger partial charge in [0.15, 0.2) is 0 Å². The molecule has 1 aliphatic heterocycles. The average molecular weight is 458 g/mol. The molecule has 3 heterocycles. The van der Waals surface area contributed by atoms with E-state index in [0.717, 1.165) is 53.0 Å². The Hall–Kier alpha value is -3.22. The molecule has 0 spiro atoms. The van der Waals surface area contributed by atoms with Gasteiger partial charge in [-0.3, -0.25) is 9.78 Å². The van der Waals surface area contributed by atoms with Crippen molar-refractivity contribution in [1.82, 2.24) is 9.88 Å². The Morgan fingerprint density at radius 1 is 1.06 bits per heavy atom. The minimum atomic E-state index is -0.0641. The maximum atomic E-state index is 13.6. The molecule has 1 fully saturated rings. The van der Waals surface area contributed by atoms with Crippen LogP contribution in [0.3, 0.4) is 0 Å². The predicted molar refractivity (Wildman–Crippen MR) is 134 cm³/mol. The lowest BCUT2D eigenvalue weighted by atomic mass is 9.89. The molecule has 1 amide bonds. The average Bonchev–Trinajstić information content (AvgIpc) is 3.31. The first-order valence-electron chi connectivity index (χ1n) is 11.4. The molecule has 2 N–H and O–H groups in total. The molecule has 0 saturated carbocycles. The molecule has 0 atom stereocenters. The van der Waals surface area contributed by atoms with Gasteiger partial charge in [0.1, 0.15) is 0 Å². The highest BCUT2D eigenvalue weighted by Gasteiger charge is 2.27. The fraction of sp³-hybridized carbons (Fsp3) is 0.259. The Morgan fingerprint density at radius 2 is 1.76 bits per heavy atom. The fourth-order valence-electron chi connectivity index (χ4n) is 4.57. The highest BCUT2D eigenvalue weighted by Crippen LogP contribution is 2.35. The van der Waals surface area contributed by atoms with Gasteiger partial charge in [-0.2, -0.15) is 0 Å². The third-order valence-corrected chi connectivity index (χ3v) is 7.46. The molecule has 4 aromatic rings. The van der Waals surface area contributed by atoms with Crippen LogP contribution in [0.4, 0.5) is 5.69 Å². The van der Waals surface area contributed by atoms with E-state index >= 15 is 0 Å². The summed E-state index contributed by atoms with van der Waals surface area (Å²) in [5.74, 6) is 0.515. The van der Waals surface area contributed by atoms with Gasteiger partial charge in [-0.05, 0) is 35.3 Å². The topological polar surface area (TPSA) is 65.5 Å². The van der Waals surface area contributed by atoms with E-state index in [-0.39, 0.29) is 12.5 Å². The number of likely N-dealkylation sites (tertiary alicyclic amines) is 1. The van der Waals surface area contributed by atoms with Crippen molar-refractivity contribution in [3.8, 4) is 0 Å². The van der Waals surface area contributed by atoms with E-state index < -0.39 is 0 Å². The number of carbonyl (C=O) groups excluding carboxylic acids is 1. The number of pyridine rings is 1. The number of aromatic nitrogens is 1. The van der Waals surface area contributed by atoms with E-state index in [0.29, 0.717) is 18.0 Å². The third-order valence-electron chi connectivity index (χ3n) is 6.42. The highest BCUT2D eigenvalue weighted by atomic mass is 32.1. The summed E-state index contributed by atoms with van der Waals surface area (Å²) in [4.78, 5) is 20.1. The SMILES string of the molecule is O=C(c1cnc2c(CO)csc2c1NCc1ccccc1)N1CCC(c2ccccc2)CC1. The first-order valence-corrected chi connectivity index (χ1v) is 12.2. The normalized spacial score (nSPS) is 14.5. The predicted octanol–water partition coefficient (Wildman–Crippen LogP) is 5.42. The lowest BCUT2D eigenvalue weighted by Gasteiger charge is -2.32. The number of anilines is 1. The Bertz CT molecular complexity index is 1230. The van der Waals surface area contributed by atoms with Gasteiger partial charge in [0, 0.05) is 31.4 Å². The second-order valence-electron chi connectivity index (χ2n) is 8.46. The van der Waals surface area contributed by atoms with E-state index in [2.05, 4.69) is 46.7 Å². The van der Waals surface area contributed by atoms with Crippen molar-refractivity contribution < 1.29 is 9.90 Å². The van der Waals surface area contributed by atoms with Crippen LogP contribution in [0.25, 0.3) is 10.2 Å². The van der Waals surface area contributed by atoms with Crippen LogP contribution in [-0.4, -0.2) is 34.0 Å². The summed E-state index contributed by atoms with van der Waals surface area (Å²) < 4.78 is 0.917. The molecule has 0 unspecified atom stereocenters. The number of aliphatic hydroxyl groups excluding tert-OH is 1. The maximum absolute atomic E-state index is 13.6. The van der Waals surface area contributed by atoms with Crippen molar-refractivity contribution in [1.29, 1.82) is 0 Å². The number of nitrogens with zero attached hydrogens (tertiary/aromatic N) is 2. The van der Waals surface area contributed by atoms with Gasteiger partial charge in [0.2, 0.25) is 0 Å². The molecule has 0 radical (unpaired) electrons. The Morgan fingerprint density at radius 3 is 2.45 bits per heavy atom. The molecule has 1 saturated heterocycles. The van der Waals surface area contributed by atoms with E-state index in [1.165, 1.54) is 16.9 Å². The number of piperidine rings is 1. The number of fused-ring (bicyclic) bond motifs is 1. The molecule has 2 aromatic carbocycles. The van der Waals surface area contributed by atoms with Gasteiger partial charge in [-0.1, -0.05) is 60.7 Å². The molecular formula is C27H27N3O2S. The van der Waals surface area contributed by atoms with E-state index in [1.54, 1.807) is 6.20 Å². The van der Waals surface area contributed by atoms with Crippen LogP contribution < -0.4 is 5.32 Å². The number of benzene rings is 2. The summed E-state index contributed by atoms with van der Waals surface area (Å²) in [5, 5.41) is 15.1. The van der Waals surface area contributed by atoms with Gasteiger partial charge in [0.25, 0.3) is 5.91 Å². The summed E-state index contributed by atoms with van der Waals surface area (Å²) in [6.45, 7) is 2.02. The molecule has 5 rings (SSSR count). The standard InChI is InChI=1S/C27H27N3O2S/c31-17-22-18-33-26-24(22)29-16-23(25(26)28-15-19-7-3-1-4-8-19)27(32)30-13-11-21(12-14-30)20-9-5-2-6-10-20/h1-10,16,18,21,31H,11-15,17H2,(H,28,29). The zero-order valence-electron chi connectivity index (χ0n) is 18.4. The van der Waals surface area contributed by atoms with Crippen molar-refractivity contribution in [3.05, 3.63) is 94.5 Å². The Balaban J connectivity index is 1.40. The number of thiophene rings is 1. The Labute approximate surface area is 197 Å². The van der Waals surface area contributed by atoms with Crippen LogP contribution in [0.15, 0.2) is 72.2 Å². The van der Waals surface area contributed by atoms with Gasteiger partial charge >= 0.3 is 0 Å². The minimum Gasteiger partial charge on any atom is -0.392 e. The number of nitrogens with one attached hydrogen (secondary N) is 1. The molecule has 168 valence electrons. The maximum Gasteiger partial charge on any atom is 0.257 e. The van der Waals surface area contributed by atoms with E-state index in [9.17, 15) is 9.90 Å². The summed E-state index contributed by atoms with van der Waals surface area (Å²) >= 11 is 1.52. The van der Waals surface area contributed by atoms with Crippen LogP contribution in [0.2, 0.25) is 0 Å². The zero-order valence-corrected chi connectivity index (χ0v) is 19.2. The van der Waals surface area contributed by atoms with Crippen LogP contribution in [0.5, 0.6) is 0 Å². The van der Waals surface area contributed by atoms with Crippen LogP contribution in [-0.2, 0) is 13.2 Å². The highest BCUT2D eigenvalue weighted by molar-refractivity contribution is 7.18. The Kier molecular flexibility index (Phi) is 6.37. The number of amides is 1. The monoisotopic (exact) mass is 457 g/mol. The number of rotatable bonds is 6. The largest absolute Gasteiger partial charge is 0.392 e. The summed E-state index contributed by atoms with van der Waals surface area (Å²) in [6.07, 6.45) is 3.60. The summed E-state index contributed by atoms with van der Waals surface area (Å²) in [5.41, 5.74) is 5.46. The van der Waals surface area contributed by atoms with Crippen LogP contribution >= 0.6 is 11.3 Å². The van der Waals surface area contributed by atoms with Gasteiger partial charge < -0.3 is 15.3 Å². The van der Waals surface area contributed by atoms with E-state index in [4.69, 9.17) is 0 Å². The second-order valence-corrected chi connectivity index (χ2v) is 9.34. The van der Waals surface area contributed by atoms with Crippen molar-refractivity contribution in [2.24, 2.45) is 0 Å². The molecule has 1 aliphatic rings.